The maximum absolute atomic E-state index is 12.2. The number of carbonyl (C=O) groups excluding carboxylic acids is 1. The fraction of sp³-hybridized carbons (Fsp3) is 0.647. The number of carbonyl (C=O) groups is 1. The van der Waals surface area contributed by atoms with E-state index < -0.39 is 0 Å². The largest absolute Gasteiger partial charge is 0.352 e. The van der Waals surface area contributed by atoms with E-state index in [1.807, 2.05) is 22.2 Å². The van der Waals surface area contributed by atoms with Crippen LogP contribution in [-0.4, -0.2) is 45.9 Å². The predicted molar refractivity (Wildman–Crippen MR) is 93.8 cm³/mol. The Kier molecular flexibility index (Phi) is 5.02. The average Bonchev–Trinajstić information content (AvgIpc) is 2.97. The van der Waals surface area contributed by atoms with Crippen molar-refractivity contribution in [2.75, 3.05) is 19.6 Å². The van der Waals surface area contributed by atoms with Crippen molar-refractivity contribution in [2.45, 2.75) is 39.7 Å². The zero-order chi connectivity index (χ0) is 16.4. The van der Waals surface area contributed by atoms with Gasteiger partial charge >= 0.3 is 0 Å². The number of fused-ring (bicyclic) bond motifs is 1. The lowest BCUT2D eigenvalue weighted by atomic mass is 9.92. The highest BCUT2D eigenvalue weighted by molar-refractivity contribution is 7.15. The van der Waals surface area contributed by atoms with Gasteiger partial charge in [-0.1, -0.05) is 13.8 Å². The second-order valence-electron chi connectivity index (χ2n) is 7.14. The quantitative estimate of drug-likeness (QED) is 0.913. The van der Waals surface area contributed by atoms with Crippen LogP contribution in [0.5, 0.6) is 0 Å². The first kappa shape index (κ1) is 16.5. The maximum atomic E-state index is 12.2. The molecule has 126 valence electrons. The van der Waals surface area contributed by atoms with Crippen molar-refractivity contribution < 1.29 is 4.79 Å². The van der Waals surface area contributed by atoms with Crippen LogP contribution < -0.4 is 5.32 Å². The van der Waals surface area contributed by atoms with E-state index in [0.29, 0.717) is 6.42 Å². The molecule has 3 heterocycles. The topological polar surface area (TPSA) is 49.6 Å². The second-order valence-corrected chi connectivity index (χ2v) is 8.01. The maximum Gasteiger partial charge on any atom is 0.226 e. The average molecular weight is 334 g/mol. The SMILES string of the molecule is CC1CC(C)CN(CC(C)NC(=O)Cc2cn3ccsc3n2)C1. The summed E-state index contributed by atoms with van der Waals surface area (Å²) in [6, 6.07) is 0.170. The molecule has 0 saturated carbocycles. The number of imidazole rings is 1. The van der Waals surface area contributed by atoms with Gasteiger partial charge < -0.3 is 10.2 Å². The molecule has 1 fully saturated rings. The predicted octanol–water partition coefficient (Wildman–Crippen LogP) is 2.42. The lowest BCUT2D eigenvalue weighted by Crippen LogP contribution is -2.47. The summed E-state index contributed by atoms with van der Waals surface area (Å²) in [5.41, 5.74) is 0.835. The van der Waals surface area contributed by atoms with E-state index in [-0.39, 0.29) is 11.9 Å². The van der Waals surface area contributed by atoms with Crippen LogP contribution in [0.2, 0.25) is 0 Å². The molecule has 0 radical (unpaired) electrons. The van der Waals surface area contributed by atoms with Gasteiger partial charge in [-0.25, -0.2) is 4.98 Å². The van der Waals surface area contributed by atoms with E-state index in [1.54, 1.807) is 11.3 Å². The third-order valence-corrected chi connectivity index (χ3v) is 5.14. The summed E-state index contributed by atoms with van der Waals surface area (Å²) in [6.07, 6.45) is 5.57. The second kappa shape index (κ2) is 7.01. The van der Waals surface area contributed by atoms with Crippen molar-refractivity contribution >= 4 is 22.2 Å². The van der Waals surface area contributed by atoms with Crippen LogP contribution in [0.3, 0.4) is 0 Å². The molecule has 1 aliphatic heterocycles. The molecule has 2 aromatic rings. The van der Waals surface area contributed by atoms with Gasteiger partial charge in [0.1, 0.15) is 0 Å². The molecule has 2 aromatic heterocycles. The summed E-state index contributed by atoms with van der Waals surface area (Å²) in [4.78, 5) is 20.1. The van der Waals surface area contributed by atoms with Gasteiger partial charge in [-0.05, 0) is 25.2 Å². The molecule has 0 spiro atoms. The fourth-order valence-electron chi connectivity index (χ4n) is 3.73. The van der Waals surface area contributed by atoms with Crippen LogP contribution in [0.25, 0.3) is 4.96 Å². The summed E-state index contributed by atoms with van der Waals surface area (Å²) >= 11 is 1.59. The van der Waals surface area contributed by atoms with Gasteiger partial charge in [-0.2, -0.15) is 0 Å². The molecular formula is C17H26N4OS. The van der Waals surface area contributed by atoms with Gasteiger partial charge in [0.15, 0.2) is 4.96 Å². The highest BCUT2D eigenvalue weighted by Gasteiger charge is 2.23. The minimum atomic E-state index is 0.0568. The molecule has 6 heteroatoms. The van der Waals surface area contributed by atoms with Crippen LogP contribution in [0.1, 0.15) is 32.9 Å². The number of thiazole rings is 1. The Morgan fingerprint density at radius 2 is 2.17 bits per heavy atom. The summed E-state index contributed by atoms with van der Waals surface area (Å²) < 4.78 is 1.97. The van der Waals surface area contributed by atoms with Gasteiger partial charge in [-0.15, -0.1) is 11.3 Å². The lowest BCUT2D eigenvalue weighted by Gasteiger charge is -2.36. The molecule has 3 atom stereocenters. The molecule has 3 unspecified atom stereocenters. The van der Waals surface area contributed by atoms with Crippen molar-refractivity contribution in [3.05, 3.63) is 23.5 Å². The zero-order valence-corrected chi connectivity index (χ0v) is 15.0. The smallest absolute Gasteiger partial charge is 0.226 e. The number of aromatic nitrogens is 2. The van der Waals surface area contributed by atoms with Gasteiger partial charge in [-0.3, -0.25) is 9.20 Å². The molecule has 1 saturated heterocycles. The van der Waals surface area contributed by atoms with E-state index in [4.69, 9.17) is 0 Å². The molecule has 5 nitrogen and oxygen atoms in total. The number of rotatable bonds is 5. The highest BCUT2D eigenvalue weighted by Crippen LogP contribution is 2.20. The number of piperidine rings is 1. The van der Waals surface area contributed by atoms with E-state index in [2.05, 4.69) is 36.0 Å². The molecule has 1 aliphatic rings. The molecule has 23 heavy (non-hydrogen) atoms. The monoisotopic (exact) mass is 334 g/mol. The minimum Gasteiger partial charge on any atom is -0.352 e. The third kappa shape index (κ3) is 4.32. The van der Waals surface area contributed by atoms with E-state index in [9.17, 15) is 4.79 Å². The Morgan fingerprint density at radius 3 is 2.87 bits per heavy atom. The number of hydrogen-bond acceptors (Lipinski definition) is 4. The van der Waals surface area contributed by atoms with Crippen molar-refractivity contribution in [1.82, 2.24) is 19.6 Å². The lowest BCUT2D eigenvalue weighted by molar-refractivity contribution is -0.121. The van der Waals surface area contributed by atoms with Gasteiger partial charge in [0.25, 0.3) is 0 Å². The summed E-state index contributed by atoms with van der Waals surface area (Å²) in [6.45, 7) is 9.93. The fourth-order valence-corrected chi connectivity index (χ4v) is 4.44. The first-order chi connectivity index (χ1) is 11.0. The van der Waals surface area contributed by atoms with Crippen LogP contribution in [0.4, 0.5) is 0 Å². The molecule has 0 bridgehead atoms. The van der Waals surface area contributed by atoms with Crippen LogP contribution in [-0.2, 0) is 11.2 Å². The van der Waals surface area contributed by atoms with Gasteiger partial charge in [0, 0.05) is 43.4 Å². The Morgan fingerprint density at radius 1 is 1.43 bits per heavy atom. The number of likely N-dealkylation sites (tertiary alicyclic amines) is 1. The van der Waals surface area contributed by atoms with E-state index in [0.717, 1.165) is 42.1 Å². The Balaban J connectivity index is 1.48. The number of amides is 1. The van der Waals surface area contributed by atoms with Crippen molar-refractivity contribution in [3.63, 3.8) is 0 Å². The number of nitrogens with zero attached hydrogens (tertiary/aromatic N) is 3. The Bertz CT molecular complexity index is 626. The molecule has 3 rings (SSSR count). The van der Waals surface area contributed by atoms with E-state index >= 15 is 0 Å². The Hall–Kier alpha value is -1.40. The molecule has 1 N–H and O–H groups in total. The van der Waals surface area contributed by atoms with Crippen molar-refractivity contribution in [2.24, 2.45) is 11.8 Å². The zero-order valence-electron chi connectivity index (χ0n) is 14.2. The summed E-state index contributed by atoms with van der Waals surface area (Å²) in [5, 5.41) is 5.11. The normalized spacial score (nSPS) is 24.0. The van der Waals surface area contributed by atoms with Crippen LogP contribution in [0.15, 0.2) is 17.8 Å². The van der Waals surface area contributed by atoms with Gasteiger partial charge in [0.2, 0.25) is 5.91 Å². The van der Waals surface area contributed by atoms with Crippen LogP contribution >= 0.6 is 11.3 Å². The standard InChI is InChI=1S/C17H26N4OS/c1-12-6-13(2)9-20(8-12)10-14(3)18-16(22)7-15-11-21-4-5-23-17(21)19-15/h4-5,11-14H,6-10H2,1-3H3,(H,18,22). The first-order valence-electron chi connectivity index (χ1n) is 8.42. The summed E-state index contributed by atoms with van der Waals surface area (Å²) in [5.74, 6) is 1.56. The Labute approximate surface area is 141 Å². The molecule has 1 amide bonds. The number of hydrogen-bond donors (Lipinski definition) is 1. The van der Waals surface area contributed by atoms with E-state index in [1.165, 1.54) is 6.42 Å². The van der Waals surface area contributed by atoms with Crippen molar-refractivity contribution in [1.29, 1.82) is 0 Å². The van der Waals surface area contributed by atoms with Crippen LogP contribution in [0, 0.1) is 11.8 Å². The molecular weight excluding hydrogens is 308 g/mol. The van der Waals surface area contributed by atoms with Gasteiger partial charge in [0.05, 0.1) is 12.1 Å². The third-order valence-electron chi connectivity index (χ3n) is 4.37. The van der Waals surface area contributed by atoms with Crippen molar-refractivity contribution in [3.8, 4) is 0 Å². The first-order valence-corrected chi connectivity index (χ1v) is 9.30. The summed E-state index contributed by atoms with van der Waals surface area (Å²) in [7, 11) is 0. The minimum absolute atomic E-state index is 0.0568. The molecule has 0 aliphatic carbocycles. The molecule has 0 aromatic carbocycles. The highest BCUT2D eigenvalue weighted by atomic mass is 32.1. The number of nitrogens with one attached hydrogen (secondary N) is 1.